The van der Waals surface area contributed by atoms with Gasteiger partial charge in [-0.15, -0.1) is 0 Å². The van der Waals surface area contributed by atoms with Crippen molar-refractivity contribution in [3.8, 4) is 0 Å². The molecule has 0 aliphatic heterocycles. The fourth-order valence-corrected chi connectivity index (χ4v) is 2.83. The van der Waals surface area contributed by atoms with Gasteiger partial charge in [0.05, 0.1) is 6.20 Å². The average Bonchev–Trinajstić information content (AvgIpc) is 2.75. The summed E-state index contributed by atoms with van der Waals surface area (Å²) in [5.74, 6) is -2.86. The Balaban J connectivity index is 1.76. The molecule has 3 rings (SSSR count). The second-order valence-electron chi connectivity index (χ2n) is 6.76. The molecule has 0 saturated heterocycles. The SMILES string of the molecule is CN(c1ccc(C(=O)N[C@@H](CCC(=O)O)C(=O)O)cc1)c1cnc2[nH]c(N)nc(=O)c2n1. The van der Waals surface area contributed by atoms with Crippen LogP contribution in [0.25, 0.3) is 11.2 Å². The van der Waals surface area contributed by atoms with Crippen LogP contribution in [0.4, 0.5) is 17.5 Å². The van der Waals surface area contributed by atoms with E-state index in [1.807, 2.05) is 0 Å². The van der Waals surface area contributed by atoms with Gasteiger partial charge < -0.3 is 31.1 Å². The molecule has 0 fully saturated rings. The first kappa shape index (κ1) is 22.1. The fraction of sp³-hybridized carbons (Fsp3) is 0.211. The number of benzene rings is 1. The highest BCUT2D eigenvalue weighted by Crippen LogP contribution is 2.22. The molecule has 2 aromatic heterocycles. The lowest BCUT2D eigenvalue weighted by Crippen LogP contribution is -2.41. The second kappa shape index (κ2) is 9.07. The molecule has 1 amide bonds. The predicted octanol–water partition coefficient (Wildman–Crippen LogP) is 0.111. The van der Waals surface area contributed by atoms with E-state index >= 15 is 0 Å². The number of aromatic nitrogens is 4. The first-order valence-electron chi connectivity index (χ1n) is 9.27. The van der Waals surface area contributed by atoms with Crippen LogP contribution in [0, 0.1) is 0 Å². The predicted molar refractivity (Wildman–Crippen MR) is 113 cm³/mol. The third-order valence-corrected chi connectivity index (χ3v) is 4.54. The van der Waals surface area contributed by atoms with Gasteiger partial charge in [-0.25, -0.2) is 14.8 Å². The maximum atomic E-state index is 12.4. The van der Waals surface area contributed by atoms with Crippen molar-refractivity contribution >= 4 is 46.5 Å². The first-order valence-corrected chi connectivity index (χ1v) is 9.27. The average molecular weight is 441 g/mol. The summed E-state index contributed by atoms with van der Waals surface area (Å²) >= 11 is 0. The molecule has 0 aliphatic rings. The molecule has 1 atom stereocenters. The lowest BCUT2D eigenvalue weighted by molar-refractivity contribution is -0.140. The van der Waals surface area contributed by atoms with Gasteiger partial charge in [0.25, 0.3) is 5.91 Å². The number of nitrogen functional groups attached to an aromatic ring is 1. The molecule has 0 radical (unpaired) electrons. The minimum atomic E-state index is -1.32. The zero-order valence-corrected chi connectivity index (χ0v) is 16.8. The normalized spacial score (nSPS) is 11.7. The molecule has 0 spiro atoms. The van der Waals surface area contributed by atoms with E-state index in [0.29, 0.717) is 11.5 Å². The van der Waals surface area contributed by atoms with Crippen LogP contribution in [0.15, 0.2) is 35.3 Å². The number of carboxylic acid groups (broad SMARTS) is 2. The Hall–Kier alpha value is -4.55. The summed E-state index contributed by atoms with van der Waals surface area (Å²) in [7, 11) is 1.68. The van der Waals surface area contributed by atoms with Crippen LogP contribution in [-0.2, 0) is 9.59 Å². The number of nitrogens with one attached hydrogen (secondary N) is 2. The third kappa shape index (κ3) is 4.95. The summed E-state index contributed by atoms with van der Waals surface area (Å²) in [5.41, 5.74) is 5.87. The number of rotatable bonds is 8. The molecule has 6 N–H and O–H groups in total. The van der Waals surface area contributed by atoms with Crippen molar-refractivity contribution in [1.82, 2.24) is 25.3 Å². The van der Waals surface area contributed by atoms with Gasteiger partial charge in [-0.3, -0.25) is 14.4 Å². The number of amides is 1. The molecule has 0 aliphatic carbocycles. The molecular weight excluding hydrogens is 422 g/mol. The minimum absolute atomic E-state index is 0.0145. The van der Waals surface area contributed by atoms with Crippen molar-refractivity contribution in [2.24, 2.45) is 0 Å². The van der Waals surface area contributed by atoms with Crippen molar-refractivity contribution < 1.29 is 24.6 Å². The third-order valence-electron chi connectivity index (χ3n) is 4.54. The van der Waals surface area contributed by atoms with E-state index in [0.717, 1.165) is 0 Å². The van der Waals surface area contributed by atoms with Crippen LogP contribution in [0.5, 0.6) is 0 Å². The Morgan fingerprint density at radius 2 is 1.88 bits per heavy atom. The van der Waals surface area contributed by atoms with E-state index in [-0.39, 0.29) is 29.1 Å². The Morgan fingerprint density at radius 3 is 2.50 bits per heavy atom. The molecule has 0 bridgehead atoms. The van der Waals surface area contributed by atoms with Crippen molar-refractivity contribution in [2.75, 3.05) is 17.7 Å². The van der Waals surface area contributed by atoms with Crippen molar-refractivity contribution in [2.45, 2.75) is 18.9 Å². The molecule has 3 aromatic rings. The number of hydrogen-bond donors (Lipinski definition) is 5. The second-order valence-corrected chi connectivity index (χ2v) is 6.76. The minimum Gasteiger partial charge on any atom is -0.481 e. The zero-order valence-electron chi connectivity index (χ0n) is 16.8. The number of nitrogens with zero attached hydrogens (tertiary/aromatic N) is 4. The van der Waals surface area contributed by atoms with Crippen molar-refractivity contribution in [3.05, 3.63) is 46.4 Å². The quantitative estimate of drug-likeness (QED) is 0.317. The van der Waals surface area contributed by atoms with Gasteiger partial charge in [-0.05, 0) is 30.7 Å². The van der Waals surface area contributed by atoms with Crippen molar-refractivity contribution in [3.63, 3.8) is 0 Å². The fourth-order valence-electron chi connectivity index (χ4n) is 2.83. The molecular formula is C19H19N7O6. The van der Waals surface area contributed by atoms with Crippen LogP contribution < -0.4 is 21.5 Å². The number of H-pyrrole nitrogens is 1. The molecule has 2 heterocycles. The Morgan fingerprint density at radius 1 is 1.19 bits per heavy atom. The molecule has 32 heavy (non-hydrogen) atoms. The number of aliphatic carboxylic acids is 2. The van der Waals surface area contributed by atoms with Gasteiger partial charge in [0.15, 0.2) is 17.0 Å². The number of hydrogen-bond acceptors (Lipinski definition) is 9. The summed E-state index contributed by atoms with van der Waals surface area (Å²) in [6.45, 7) is 0. The summed E-state index contributed by atoms with van der Waals surface area (Å²) in [4.78, 5) is 62.5. The number of carbonyl (C=O) groups excluding carboxylic acids is 1. The number of carbonyl (C=O) groups is 3. The maximum Gasteiger partial charge on any atom is 0.326 e. The number of fused-ring (bicyclic) bond motifs is 1. The van der Waals surface area contributed by atoms with Gasteiger partial charge in [-0.1, -0.05) is 0 Å². The van der Waals surface area contributed by atoms with Gasteiger partial charge in [0.1, 0.15) is 6.04 Å². The highest BCUT2D eigenvalue weighted by Gasteiger charge is 2.21. The lowest BCUT2D eigenvalue weighted by Gasteiger charge is -2.19. The number of aromatic amines is 1. The topological polar surface area (TPSA) is 204 Å². The van der Waals surface area contributed by atoms with Gasteiger partial charge in [-0.2, -0.15) is 4.98 Å². The van der Waals surface area contributed by atoms with Crippen LogP contribution in [0.1, 0.15) is 23.2 Å². The van der Waals surface area contributed by atoms with E-state index in [9.17, 15) is 24.3 Å². The van der Waals surface area contributed by atoms with Crippen LogP contribution in [0.2, 0.25) is 0 Å². The highest BCUT2D eigenvalue weighted by atomic mass is 16.4. The lowest BCUT2D eigenvalue weighted by atomic mass is 10.1. The summed E-state index contributed by atoms with van der Waals surface area (Å²) < 4.78 is 0. The van der Waals surface area contributed by atoms with Crippen molar-refractivity contribution in [1.29, 1.82) is 0 Å². The number of nitrogens with two attached hydrogens (primary N) is 1. The summed E-state index contributed by atoms with van der Waals surface area (Å²) in [6, 6.07) is 4.81. The Bertz CT molecular complexity index is 1240. The molecule has 13 nitrogen and oxygen atoms in total. The smallest absolute Gasteiger partial charge is 0.326 e. The summed E-state index contributed by atoms with van der Waals surface area (Å²) in [6.07, 6.45) is 0.800. The van der Waals surface area contributed by atoms with E-state index in [1.54, 1.807) is 24.1 Å². The van der Waals surface area contributed by atoms with E-state index < -0.39 is 35.9 Å². The number of carboxylic acids is 2. The van der Waals surface area contributed by atoms with Crippen LogP contribution in [-0.4, -0.2) is 61.1 Å². The summed E-state index contributed by atoms with van der Waals surface area (Å²) in [5, 5.41) is 20.2. The monoisotopic (exact) mass is 441 g/mol. The first-order chi connectivity index (χ1) is 15.2. The maximum absolute atomic E-state index is 12.4. The van der Waals surface area contributed by atoms with E-state index in [4.69, 9.17) is 10.8 Å². The van der Waals surface area contributed by atoms with Crippen LogP contribution >= 0.6 is 0 Å². The number of anilines is 3. The molecule has 13 heteroatoms. The van der Waals surface area contributed by atoms with Gasteiger partial charge in [0, 0.05) is 24.7 Å². The van der Waals surface area contributed by atoms with E-state index in [2.05, 4.69) is 25.3 Å². The van der Waals surface area contributed by atoms with Gasteiger partial charge in [0.2, 0.25) is 5.95 Å². The van der Waals surface area contributed by atoms with Gasteiger partial charge >= 0.3 is 17.5 Å². The Kier molecular flexibility index (Phi) is 6.28. The standard InChI is InChI=1S/C19H19N7O6/c1-26(12-8-21-15-14(23-12)17(30)25-19(20)24-15)10-4-2-9(3-5-10)16(29)22-11(18(31)32)6-7-13(27)28/h2-5,8,11H,6-7H2,1H3,(H,22,29)(H,27,28)(H,31,32)(H3,20,21,24,25,30)/t11-/m0/s1. The van der Waals surface area contributed by atoms with Crippen LogP contribution in [0.3, 0.4) is 0 Å². The molecule has 0 saturated carbocycles. The Labute approximate surface area is 179 Å². The van der Waals surface area contributed by atoms with E-state index in [1.165, 1.54) is 18.3 Å². The highest BCUT2D eigenvalue weighted by molar-refractivity contribution is 5.97. The largest absolute Gasteiger partial charge is 0.481 e. The zero-order chi connectivity index (χ0) is 23.4. The molecule has 166 valence electrons. The molecule has 1 aromatic carbocycles. The molecule has 0 unspecified atom stereocenters.